The van der Waals surface area contributed by atoms with Gasteiger partial charge in [0.2, 0.25) is 11.8 Å². The van der Waals surface area contributed by atoms with Gasteiger partial charge in [0.1, 0.15) is 18.1 Å². The van der Waals surface area contributed by atoms with Crippen LogP contribution in [0.5, 0.6) is 5.75 Å². The van der Waals surface area contributed by atoms with Crippen molar-refractivity contribution in [3.05, 3.63) is 29.8 Å². The fraction of sp³-hybridized carbons (Fsp3) is 0.400. The highest BCUT2D eigenvalue weighted by Crippen LogP contribution is 2.13. The van der Waals surface area contributed by atoms with Gasteiger partial charge in [0.25, 0.3) is 0 Å². The van der Waals surface area contributed by atoms with Crippen molar-refractivity contribution in [2.45, 2.75) is 38.5 Å². The summed E-state index contributed by atoms with van der Waals surface area (Å²) in [6.45, 7) is 2.44. The lowest BCUT2D eigenvalue weighted by molar-refractivity contribution is -0.152. The van der Waals surface area contributed by atoms with Gasteiger partial charge < -0.3 is 20.7 Å². The Kier molecular flexibility index (Phi) is 6.21. The monoisotopic (exact) mass is 308 g/mol. The molecule has 0 saturated heterocycles. The topological polar surface area (TPSA) is 121 Å². The predicted octanol–water partition coefficient (Wildman–Crippen LogP) is -0.415. The lowest BCUT2D eigenvalue weighted by Gasteiger charge is -2.29. The quantitative estimate of drug-likeness (QED) is 0.614. The molecule has 0 fully saturated rings. The minimum absolute atomic E-state index is 0.0872. The Morgan fingerprint density at radius 2 is 1.86 bits per heavy atom. The number of hydrogen-bond acceptors (Lipinski definition) is 6. The van der Waals surface area contributed by atoms with E-state index in [4.69, 9.17) is 5.73 Å². The van der Waals surface area contributed by atoms with Crippen molar-refractivity contribution < 1.29 is 24.6 Å². The molecule has 0 heterocycles. The Morgan fingerprint density at radius 3 is 2.27 bits per heavy atom. The molecule has 0 bridgehead atoms. The zero-order chi connectivity index (χ0) is 16.9. The van der Waals surface area contributed by atoms with Gasteiger partial charge in [-0.1, -0.05) is 12.1 Å². The van der Waals surface area contributed by atoms with Crippen LogP contribution in [-0.4, -0.2) is 51.4 Å². The molecule has 0 radical (unpaired) electrons. The van der Waals surface area contributed by atoms with Crippen LogP contribution < -0.4 is 5.73 Å². The molecule has 1 aromatic rings. The number of nitrogens with zero attached hydrogens (tertiary/aromatic N) is 1. The number of hydrogen-bond donors (Lipinski definition) is 3. The van der Waals surface area contributed by atoms with Crippen molar-refractivity contribution in [2.24, 2.45) is 5.73 Å². The third-order valence-corrected chi connectivity index (χ3v) is 3.22. The van der Waals surface area contributed by atoms with Gasteiger partial charge in [-0.25, -0.2) is 0 Å². The summed E-state index contributed by atoms with van der Waals surface area (Å²) in [6.07, 6.45) is -0.711. The number of nitrogens with two attached hydrogens (primary N) is 1. The van der Waals surface area contributed by atoms with Gasteiger partial charge in [0.05, 0.1) is 12.1 Å². The maximum absolute atomic E-state index is 12.3. The summed E-state index contributed by atoms with van der Waals surface area (Å²) in [5, 5.41) is 18.7. The second kappa shape index (κ2) is 7.67. The Hall–Kier alpha value is -2.25. The average molecular weight is 308 g/mol. The first-order valence-corrected chi connectivity index (χ1v) is 6.78. The number of phenolic OH excluding ortho intramolecular Hbond substituents is 1. The number of phenols is 1. The van der Waals surface area contributed by atoms with E-state index in [0.29, 0.717) is 16.7 Å². The number of imide groups is 1. The van der Waals surface area contributed by atoms with Crippen LogP contribution in [0.15, 0.2) is 24.3 Å². The normalized spacial score (nSPS) is 14.7. The number of carbonyl (C=O) groups is 3. The molecule has 0 spiro atoms. The predicted molar refractivity (Wildman–Crippen MR) is 78.8 cm³/mol. The molecule has 0 unspecified atom stereocenters. The number of aldehydes is 1. The number of aliphatic hydroxyl groups is 1. The Bertz CT molecular complexity index is 541. The number of aliphatic hydroxyl groups excluding tert-OH is 1. The molecule has 1 rings (SSSR count). The molecule has 7 heteroatoms. The molecule has 0 aliphatic carbocycles. The van der Waals surface area contributed by atoms with Gasteiger partial charge in [-0.05, 0) is 31.0 Å². The van der Waals surface area contributed by atoms with Crippen molar-refractivity contribution in [1.29, 1.82) is 0 Å². The first-order chi connectivity index (χ1) is 10.3. The van der Waals surface area contributed by atoms with E-state index in [-0.39, 0.29) is 12.2 Å². The highest BCUT2D eigenvalue weighted by atomic mass is 16.3. The molecule has 0 aromatic heterocycles. The molecule has 2 amide bonds. The zero-order valence-corrected chi connectivity index (χ0v) is 12.5. The van der Waals surface area contributed by atoms with Crippen molar-refractivity contribution in [3.63, 3.8) is 0 Å². The number of amides is 2. The first-order valence-electron chi connectivity index (χ1n) is 6.78. The molecule has 1 aromatic carbocycles. The van der Waals surface area contributed by atoms with E-state index in [1.807, 2.05) is 0 Å². The molecular weight excluding hydrogens is 288 g/mol. The van der Waals surface area contributed by atoms with E-state index >= 15 is 0 Å². The van der Waals surface area contributed by atoms with Gasteiger partial charge in [0, 0.05) is 6.92 Å². The molecular formula is C15H20N2O5. The first kappa shape index (κ1) is 17.8. The van der Waals surface area contributed by atoms with Gasteiger partial charge >= 0.3 is 0 Å². The van der Waals surface area contributed by atoms with Crippen LogP contribution in [0.4, 0.5) is 0 Å². The fourth-order valence-corrected chi connectivity index (χ4v) is 2.05. The van der Waals surface area contributed by atoms with Gasteiger partial charge in [-0.15, -0.1) is 0 Å². The minimum Gasteiger partial charge on any atom is -0.508 e. The standard InChI is InChI=1S/C15H20N2O5/c1-9(19)14(8-18)17(10(2)20)15(22)13(16)7-11-3-5-12(21)6-4-11/h3-6,8-9,13-14,19,21H,7,16H2,1-2H3/t9-,13+,14-/m1/s1. The Morgan fingerprint density at radius 1 is 1.32 bits per heavy atom. The summed E-state index contributed by atoms with van der Waals surface area (Å²) < 4.78 is 0. The molecule has 3 atom stereocenters. The van der Waals surface area contributed by atoms with E-state index < -0.39 is 30.0 Å². The van der Waals surface area contributed by atoms with Crippen LogP contribution in [0.25, 0.3) is 0 Å². The van der Waals surface area contributed by atoms with E-state index in [0.717, 1.165) is 6.92 Å². The van der Waals surface area contributed by atoms with Crippen LogP contribution in [0.2, 0.25) is 0 Å². The van der Waals surface area contributed by atoms with E-state index in [1.54, 1.807) is 12.1 Å². The van der Waals surface area contributed by atoms with Gasteiger partial charge in [0.15, 0.2) is 0 Å². The molecule has 0 saturated carbocycles. The highest BCUT2D eigenvalue weighted by molar-refractivity contribution is 5.99. The highest BCUT2D eigenvalue weighted by Gasteiger charge is 2.33. The summed E-state index contributed by atoms with van der Waals surface area (Å²) in [6, 6.07) is 3.81. The second-order valence-electron chi connectivity index (χ2n) is 5.07. The van der Waals surface area contributed by atoms with Crippen LogP contribution in [0.1, 0.15) is 19.4 Å². The maximum Gasteiger partial charge on any atom is 0.247 e. The number of carbonyl (C=O) groups excluding carboxylic acids is 3. The fourth-order valence-electron chi connectivity index (χ4n) is 2.05. The molecule has 0 aliphatic rings. The molecule has 120 valence electrons. The summed E-state index contributed by atoms with van der Waals surface area (Å²) in [5.74, 6) is -1.31. The van der Waals surface area contributed by atoms with Crippen LogP contribution in [0.3, 0.4) is 0 Å². The maximum atomic E-state index is 12.3. The Labute approximate surface area is 128 Å². The molecule has 4 N–H and O–H groups in total. The Balaban J connectivity index is 2.91. The lowest BCUT2D eigenvalue weighted by Crippen LogP contribution is -2.55. The van der Waals surface area contributed by atoms with E-state index in [1.165, 1.54) is 19.1 Å². The number of benzene rings is 1. The number of aromatic hydroxyl groups is 1. The molecule has 22 heavy (non-hydrogen) atoms. The van der Waals surface area contributed by atoms with Crippen molar-refractivity contribution in [2.75, 3.05) is 0 Å². The summed E-state index contributed by atoms with van der Waals surface area (Å²) >= 11 is 0. The largest absolute Gasteiger partial charge is 0.508 e. The van der Waals surface area contributed by atoms with Crippen molar-refractivity contribution in [1.82, 2.24) is 4.90 Å². The van der Waals surface area contributed by atoms with E-state index in [2.05, 4.69) is 0 Å². The van der Waals surface area contributed by atoms with Gasteiger partial charge in [-0.2, -0.15) is 0 Å². The van der Waals surface area contributed by atoms with Crippen LogP contribution in [0, 0.1) is 0 Å². The third-order valence-electron chi connectivity index (χ3n) is 3.22. The summed E-state index contributed by atoms with van der Waals surface area (Å²) in [5.41, 5.74) is 6.51. The van der Waals surface area contributed by atoms with Crippen LogP contribution >= 0.6 is 0 Å². The second-order valence-corrected chi connectivity index (χ2v) is 5.07. The van der Waals surface area contributed by atoms with Crippen molar-refractivity contribution in [3.8, 4) is 5.75 Å². The zero-order valence-electron chi connectivity index (χ0n) is 12.5. The number of rotatable bonds is 6. The van der Waals surface area contributed by atoms with Crippen LogP contribution in [-0.2, 0) is 20.8 Å². The summed E-state index contributed by atoms with van der Waals surface area (Å²) in [4.78, 5) is 35.7. The van der Waals surface area contributed by atoms with Gasteiger partial charge in [-0.3, -0.25) is 14.5 Å². The summed E-state index contributed by atoms with van der Waals surface area (Å²) in [7, 11) is 0. The average Bonchev–Trinajstić information content (AvgIpc) is 2.45. The van der Waals surface area contributed by atoms with Crippen molar-refractivity contribution >= 4 is 18.1 Å². The van der Waals surface area contributed by atoms with E-state index in [9.17, 15) is 24.6 Å². The molecule has 0 aliphatic heterocycles. The SMILES string of the molecule is CC(=O)N(C(=O)[C@@H](N)Cc1ccc(O)cc1)[C@H](C=O)[C@@H](C)O. The third kappa shape index (κ3) is 4.37. The minimum atomic E-state index is -1.27. The molecule has 7 nitrogen and oxygen atoms in total. The smallest absolute Gasteiger partial charge is 0.247 e. The lowest BCUT2D eigenvalue weighted by atomic mass is 10.0.